The van der Waals surface area contributed by atoms with Crippen LogP contribution in [0.15, 0.2) is 42.5 Å². The lowest BCUT2D eigenvalue weighted by Gasteiger charge is -2.06. The van der Waals surface area contributed by atoms with E-state index >= 15 is 0 Å². The van der Waals surface area contributed by atoms with Gasteiger partial charge >= 0.3 is 0 Å². The van der Waals surface area contributed by atoms with E-state index in [0.29, 0.717) is 5.56 Å². The lowest BCUT2D eigenvalue weighted by atomic mass is 10.2. The fraction of sp³-hybridized carbons (Fsp3) is 0.133. The van der Waals surface area contributed by atoms with Gasteiger partial charge in [0.25, 0.3) is 5.91 Å². The zero-order valence-electron chi connectivity index (χ0n) is 10.4. The molecular formula is C15H14NO2. The van der Waals surface area contributed by atoms with Crippen LogP contribution in [0.1, 0.15) is 15.9 Å². The van der Waals surface area contributed by atoms with Crippen LogP contribution in [-0.4, -0.2) is 13.0 Å². The van der Waals surface area contributed by atoms with Gasteiger partial charge in [-0.05, 0) is 55.0 Å². The summed E-state index contributed by atoms with van der Waals surface area (Å²) in [4.78, 5) is 11.9. The van der Waals surface area contributed by atoms with Gasteiger partial charge in [0.1, 0.15) is 5.75 Å². The second kappa shape index (κ2) is 5.36. The molecule has 1 amide bonds. The van der Waals surface area contributed by atoms with Crippen LogP contribution < -0.4 is 10.1 Å². The summed E-state index contributed by atoms with van der Waals surface area (Å²) in [6.45, 7) is 1.95. The highest BCUT2D eigenvalue weighted by Crippen LogP contribution is 2.14. The highest BCUT2D eigenvalue weighted by molar-refractivity contribution is 6.04. The van der Waals surface area contributed by atoms with Crippen LogP contribution in [0.4, 0.5) is 5.69 Å². The van der Waals surface area contributed by atoms with Crippen LogP contribution in [-0.2, 0) is 0 Å². The molecule has 1 radical (unpaired) electrons. The molecule has 0 aliphatic carbocycles. The van der Waals surface area contributed by atoms with Crippen molar-refractivity contribution in [2.75, 3.05) is 12.4 Å². The fourth-order valence-electron chi connectivity index (χ4n) is 1.53. The van der Waals surface area contributed by atoms with Crippen molar-refractivity contribution >= 4 is 11.6 Å². The van der Waals surface area contributed by atoms with Crippen molar-refractivity contribution in [3.8, 4) is 5.75 Å². The Bertz CT molecular complexity index is 529. The number of amides is 1. The third kappa shape index (κ3) is 2.88. The second-order valence-corrected chi connectivity index (χ2v) is 3.94. The third-order valence-electron chi connectivity index (χ3n) is 2.58. The average molecular weight is 240 g/mol. The number of nitrogens with one attached hydrogen (secondary N) is 1. The molecule has 2 aromatic carbocycles. The minimum atomic E-state index is -0.144. The molecule has 0 aliphatic rings. The number of carbonyl (C=O) groups excluding carboxylic acids is 1. The molecule has 0 bridgehead atoms. The summed E-state index contributed by atoms with van der Waals surface area (Å²) in [5.41, 5.74) is 2.37. The third-order valence-corrected chi connectivity index (χ3v) is 2.58. The van der Waals surface area contributed by atoms with E-state index < -0.39 is 0 Å². The zero-order valence-corrected chi connectivity index (χ0v) is 10.4. The lowest BCUT2D eigenvalue weighted by Crippen LogP contribution is -2.11. The summed E-state index contributed by atoms with van der Waals surface area (Å²) in [6.07, 6.45) is 0. The summed E-state index contributed by atoms with van der Waals surface area (Å²) in [6, 6.07) is 15.5. The molecule has 0 aliphatic heterocycles. The maximum atomic E-state index is 11.9. The summed E-state index contributed by atoms with van der Waals surface area (Å²) >= 11 is 0. The Kier molecular flexibility index (Phi) is 3.63. The number of hydrogen-bond donors (Lipinski definition) is 1. The molecule has 0 spiro atoms. The molecule has 1 N–H and O–H groups in total. The number of benzene rings is 2. The number of hydrogen-bond acceptors (Lipinski definition) is 2. The van der Waals surface area contributed by atoms with E-state index in [2.05, 4.69) is 11.4 Å². The van der Waals surface area contributed by atoms with Crippen LogP contribution in [0.2, 0.25) is 0 Å². The molecule has 3 nitrogen and oxygen atoms in total. The van der Waals surface area contributed by atoms with Gasteiger partial charge < -0.3 is 10.1 Å². The quantitative estimate of drug-likeness (QED) is 0.895. The molecule has 0 saturated heterocycles. The van der Waals surface area contributed by atoms with Crippen LogP contribution in [0.3, 0.4) is 0 Å². The summed E-state index contributed by atoms with van der Waals surface area (Å²) < 4.78 is 5.04. The van der Waals surface area contributed by atoms with Crippen molar-refractivity contribution in [2.24, 2.45) is 0 Å². The topological polar surface area (TPSA) is 38.3 Å². The highest BCUT2D eigenvalue weighted by Gasteiger charge is 2.05. The normalized spacial score (nSPS) is 9.89. The first-order valence-electron chi connectivity index (χ1n) is 5.63. The molecule has 0 atom stereocenters. The number of carbonyl (C=O) groups is 1. The number of ether oxygens (including phenoxy) is 1. The first kappa shape index (κ1) is 12.2. The van der Waals surface area contributed by atoms with E-state index in [1.165, 1.54) is 0 Å². The van der Waals surface area contributed by atoms with Crippen molar-refractivity contribution in [1.82, 2.24) is 0 Å². The Morgan fingerprint density at radius 3 is 2.44 bits per heavy atom. The maximum absolute atomic E-state index is 11.9. The van der Waals surface area contributed by atoms with Crippen LogP contribution in [0.5, 0.6) is 5.75 Å². The molecule has 91 valence electrons. The van der Waals surface area contributed by atoms with E-state index in [-0.39, 0.29) is 5.91 Å². The van der Waals surface area contributed by atoms with E-state index in [1.54, 1.807) is 37.4 Å². The molecule has 0 unspecified atom stereocenters. The van der Waals surface area contributed by atoms with Gasteiger partial charge in [-0.2, -0.15) is 0 Å². The molecule has 3 heteroatoms. The van der Waals surface area contributed by atoms with Crippen molar-refractivity contribution in [3.05, 3.63) is 59.7 Å². The maximum Gasteiger partial charge on any atom is 0.255 e. The lowest BCUT2D eigenvalue weighted by molar-refractivity contribution is 0.102. The van der Waals surface area contributed by atoms with Gasteiger partial charge in [-0.25, -0.2) is 0 Å². The van der Waals surface area contributed by atoms with Crippen molar-refractivity contribution < 1.29 is 9.53 Å². The highest BCUT2D eigenvalue weighted by atomic mass is 16.5. The van der Waals surface area contributed by atoms with Crippen molar-refractivity contribution in [1.29, 1.82) is 0 Å². The van der Waals surface area contributed by atoms with Gasteiger partial charge in [-0.1, -0.05) is 6.07 Å². The monoisotopic (exact) mass is 240 g/mol. The van der Waals surface area contributed by atoms with Crippen LogP contribution >= 0.6 is 0 Å². The second-order valence-electron chi connectivity index (χ2n) is 3.94. The molecule has 0 fully saturated rings. The van der Waals surface area contributed by atoms with Crippen molar-refractivity contribution in [3.63, 3.8) is 0 Å². The zero-order chi connectivity index (χ0) is 13.0. The molecule has 0 heterocycles. The minimum absolute atomic E-state index is 0.144. The summed E-state index contributed by atoms with van der Waals surface area (Å²) in [7, 11) is 1.59. The first-order valence-corrected chi connectivity index (χ1v) is 5.63. The Morgan fingerprint density at radius 1 is 1.17 bits per heavy atom. The number of rotatable bonds is 3. The standard InChI is InChI=1S/C15H14NO2/c1-11-3-7-13(8-4-11)16-15(17)12-5-9-14(18-2)10-6-12/h3,5-10H,1-2H3,(H,16,17). The van der Waals surface area contributed by atoms with Crippen LogP contribution in [0, 0.1) is 13.0 Å². The Balaban J connectivity index is 2.09. The Morgan fingerprint density at radius 2 is 1.89 bits per heavy atom. The molecule has 2 rings (SSSR count). The summed E-state index contributed by atoms with van der Waals surface area (Å²) in [5, 5.41) is 2.81. The number of aryl methyl sites for hydroxylation is 1. The van der Waals surface area contributed by atoms with Gasteiger partial charge in [0.05, 0.1) is 7.11 Å². The predicted octanol–water partition coefficient (Wildman–Crippen LogP) is 3.06. The molecule has 18 heavy (non-hydrogen) atoms. The Labute approximate surface area is 106 Å². The van der Waals surface area contributed by atoms with Crippen LogP contribution in [0.25, 0.3) is 0 Å². The molecule has 0 saturated carbocycles. The van der Waals surface area contributed by atoms with E-state index in [1.807, 2.05) is 19.1 Å². The minimum Gasteiger partial charge on any atom is -0.497 e. The average Bonchev–Trinajstić information content (AvgIpc) is 2.41. The van der Waals surface area contributed by atoms with E-state index in [4.69, 9.17) is 4.74 Å². The molecule has 0 aromatic heterocycles. The first-order chi connectivity index (χ1) is 8.69. The largest absolute Gasteiger partial charge is 0.497 e. The molecular weight excluding hydrogens is 226 g/mol. The van der Waals surface area contributed by atoms with Gasteiger partial charge in [-0.15, -0.1) is 0 Å². The van der Waals surface area contributed by atoms with Gasteiger partial charge in [0.2, 0.25) is 0 Å². The fourth-order valence-corrected chi connectivity index (χ4v) is 1.53. The summed E-state index contributed by atoms with van der Waals surface area (Å²) in [5.74, 6) is 0.588. The van der Waals surface area contributed by atoms with Gasteiger partial charge in [0.15, 0.2) is 0 Å². The van der Waals surface area contributed by atoms with E-state index in [9.17, 15) is 4.79 Å². The van der Waals surface area contributed by atoms with Crippen molar-refractivity contribution in [2.45, 2.75) is 6.92 Å². The predicted molar refractivity (Wildman–Crippen MR) is 71.0 cm³/mol. The molecule has 2 aromatic rings. The van der Waals surface area contributed by atoms with Gasteiger partial charge in [0, 0.05) is 11.3 Å². The smallest absolute Gasteiger partial charge is 0.255 e. The van der Waals surface area contributed by atoms with Gasteiger partial charge in [-0.3, -0.25) is 4.79 Å². The number of anilines is 1. The SMILES string of the molecule is COc1ccc(C(=O)Nc2c[c]c(C)cc2)cc1. The van der Waals surface area contributed by atoms with E-state index in [0.717, 1.165) is 17.0 Å². The number of methoxy groups -OCH3 is 1. The Hall–Kier alpha value is -2.29.